The zero-order valence-electron chi connectivity index (χ0n) is 15.1. The highest BCUT2D eigenvalue weighted by Crippen LogP contribution is 2.23. The van der Waals surface area contributed by atoms with E-state index in [4.69, 9.17) is 0 Å². The van der Waals surface area contributed by atoms with Crippen LogP contribution in [0.1, 0.15) is 40.2 Å². The van der Waals surface area contributed by atoms with Gasteiger partial charge in [0, 0.05) is 12.2 Å². The van der Waals surface area contributed by atoms with Gasteiger partial charge in [-0.05, 0) is 35.8 Å². The standard InChI is InChI=1S/C18H17N.2C2H6/c1-14-10-11-18(19-13-14)17-9-5-8-16(12-17)15-6-3-2-4-7-15;2*1-2/h2-12,19H,13H2,1H3;2*1-2H3. The fourth-order valence-electron chi connectivity index (χ4n) is 2.27. The maximum absolute atomic E-state index is 3.46. The van der Waals surface area contributed by atoms with Gasteiger partial charge in [-0.3, -0.25) is 0 Å². The molecule has 1 aliphatic heterocycles. The fraction of sp³-hybridized carbons (Fsp3) is 0.273. The van der Waals surface area contributed by atoms with Crippen LogP contribution in [0.15, 0.2) is 72.3 Å². The summed E-state index contributed by atoms with van der Waals surface area (Å²) in [5.74, 6) is 0. The molecule has 1 nitrogen and oxygen atoms in total. The zero-order chi connectivity index (χ0) is 17.1. The fourth-order valence-corrected chi connectivity index (χ4v) is 2.27. The topological polar surface area (TPSA) is 12.0 Å². The Morgan fingerprint density at radius 1 is 0.696 bits per heavy atom. The Morgan fingerprint density at radius 2 is 1.30 bits per heavy atom. The van der Waals surface area contributed by atoms with Crippen molar-refractivity contribution in [1.29, 1.82) is 0 Å². The smallest absolute Gasteiger partial charge is 0.0416 e. The molecule has 2 aromatic carbocycles. The second kappa shape index (κ2) is 10.4. The molecule has 0 aromatic heterocycles. The Kier molecular flexibility index (Phi) is 8.52. The van der Waals surface area contributed by atoms with E-state index in [0.29, 0.717) is 0 Å². The number of hydrogen-bond donors (Lipinski definition) is 1. The molecule has 0 saturated heterocycles. The first-order chi connectivity index (χ1) is 11.3. The number of dihydropyridines is 1. The highest BCUT2D eigenvalue weighted by molar-refractivity contribution is 5.73. The van der Waals surface area contributed by atoms with Crippen LogP contribution < -0.4 is 5.32 Å². The van der Waals surface area contributed by atoms with E-state index < -0.39 is 0 Å². The van der Waals surface area contributed by atoms with E-state index in [9.17, 15) is 0 Å². The van der Waals surface area contributed by atoms with Gasteiger partial charge in [-0.15, -0.1) is 0 Å². The molecule has 1 heterocycles. The summed E-state index contributed by atoms with van der Waals surface area (Å²) < 4.78 is 0. The molecule has 1 heteroatoms. The van der Waals surface area contributed by atoms with Gasteiger partial charge >= 0.3 is 0 Å². The largest absolute Gasteiger partial charge is 0.381 e. The van der Waals surface area contributed by atoms with Gasteiger partial charge in [0.1, 0.15) is 0 Å². The lowest BCUT2D eigenvalue weighted by atomic mass is 10.0. The van der Waals surface area contributed by atoms with Crippen molar-refractivity contribution in [1.82, 2.24) is 5.32 Å². The quantitative estimate of drug-likeness (QED) is 0.687. The zero-order valence-corrected chi connectivity index (χ0v) is 15.1. The molecule has 0 bridgehead atoms. The molecule has 23 heavy (non-hydrogen) atoms. The monoisotopic (exact) mass is 307 g/mol. The minimum atomic E-state index is 0.932. The SMILES string of the molecule is CC.CC.CC1=CC=C(c2cccc(-c3ccccc3)c2)NC1. The Labute approximate surface area is 141 Å². The minimum absolute atomic E-state index is 0.932. The molecular formula is C22H29N. The van der Waals surface area contributed by atoms with Crippen molar-refractivity contribution in [3.05, 3.63) is 77.9 Å². The Hall–Kier alpha value is -2.28. The molecule has 0 aliphatic carbocycles. The predicted octanol–water partition coefficient (Wildman–Crippen LogP) is 6.30. The third-order valence-electron chi connectivity index (χ3n) is 3.37. The van der Waals surface area contributed by atoms with E-state index in [-0.39, 0.29) is 0 Å². The third kappa shape index (κ3) is 5.45. The lowest BCUT2D eigenvalue weighted by Gasteiger charge is -2.16. The molecule has 122 valence electrons. The summed E-state index contributed by atoms with van der Waals surface area (Å²) in [4.78, 5) is 0. The van der Waals surface area contributed by atoms with E-state index in [2.05, 4.69) is 72.9 Å². The van der Waals surface area contributed by atoms with Crippen LogP contribution in [0.4, 0.5) is 0 Å². The van der Waals surface area contributed by atoms with Gasteiger partial charge in [-0.25, -0.2) is 0 Å². The van der Waals surface area contributed by atoms with Gasteiger partial charge in [0.25, 0.3) is 0 Å². The first-order valence-electron chi connectivity index (χ1n) is 8.60. The Bertz CT molecular complexity index is 636. The molecule has 0 spiro atoms. The Morgan fingerprint density at radius 3 is 1.91 bits per heavy atom. The summed E-state index contributed by atoms with van der Waals surface area (Å²) in [7, 11) is 0. The van der Waals surface area contributed by atoms with Gasteiger partial charge in [-0.2, -0.15) is 0 Å². The number of hydrogen-bond acceptors (Lipinski definition) is 1. The first-order valence-corrected chi connectivity index (χ1v) is 8.60. The van der Waals surface area contributed by atoms with Crippen molar-refractivity contribution in [2.45, 2.75) is 34.6 Å². The van der Waals surface area contributed by atoms with Crippen molar-refractivity contribution in [3.8, 4) is 11.1 Å². The van der Waals surface area contributed by atoms with Crippen LogP contribution in [-0.2, 0) is 0 Å². The van der Waals surface area contributed by atoms with Crippen LogP contribution in [-0.4, -0.2) is 6.54 Å². The molecule has 1 aliphatic rings. The van der Waals surface area contributed by atoms with E-state index >= 15 is 0 Å². The summed E-state index contributed by atoms with van der Waals surface area (Å²) in [5.41, 5.74) is 6.32. The number of nitrogens with one attached hydrogen (secondary N) is 1. The molecule has 0 unspecified atom stereocenters. The van der Waals surface area contributed by atoms with Crippen molar-refractivity contribution in [2.75, 3.05) is 6.54 Å². The second-order valence-electron chi connectivity index (χ2n) is 4.89. The predicted molar refractivity (Wildman–Crippen MR) is 104 cm³/mol. The van der Waals surface area contributed by atoms with Crippen LogP contribution in [0, 0.1) is 0 Å². The average molecular weight is 307 g/mol. The van der Waals surface area contributed by atoms with E-state index in [1.165, 1.54) is 28.0 Å². The van der Waals surface area contributed by atoms with Crippen molar-refractivity contribution >= 4 is 5.70 Å². The molecule has 0 saturated carbocycles. The number of allylic oxidation sites excluding steroid dienone is 2. The summed E-state index contributed by atoms with van der Waals surface area (Å²) in [6.45, 7) is 11.1. The average Bonchev–Trinajstić information content (AvgIpc) is 2.66. The minimum Gasteiger partial charge on any atom is -0.381 e. The van der Waals surface area contributed by atoms with E-state index in [0.717, 1.165) is 6.54 Å². The van der Waals surface area contributed by atoms with Crippen LogP contribution in [0.2, 0.25) is 0 Å². The molecule has 0 radical (unpaired) electrons. The lowest BCUT2D eigenvalue weighted by Crippen LogP contribution is -2.17. The summed E-state index contributed by atoms with van der Waals surface area (Å²) in [6.07, 6.45) is 4.34. The summed E-state index contributed by atoms with van der Waals surface area (Å²) >= 11 is 0. The molecule has 2 aromatic rings. The van der Waals surface area contributed by atoms with E-state index in [1.54, 1.807) is 0 Å². The maximum Gasteiger partial charge on any atom is 0.0416 e. The van der Waals surface area contributed by atoms with Gasteiger partial charge in [0.05, 0.1) is 0 Å². The third-order valence-corrected chi connectivity index (χ3v) is 3.37. The van der Waals surface area contributed by atoms with Crippen molar-refractivity contribution in [3.63, 3.8) is 0 Å². The number of rotatable bonds is 2. The molecule has 0 amide bonds. The van der Waals surface area contributed by atoms with Crippen LogP contribution in [0.5, 0.6) is 0 Å². The molecular weight excluding hydrogens is 278 g/mol. The lowest BCUT2D eigenvalue weighted by molar-refractivity contribution is 0.941. The van der Waals surface area contributed by atoms with Crippen molar-refractivity contribution < 1.29 is 0 Å². The highest BCUT2D eigenvalue weighted by atomic mass is 14.9. The first kappa shape index (κ1) is 18.8. The second-order valence-corrected chi connectivity index (χ2v) is 4.89. The van der Waals surface area contributed by atoms with E-state index in [1.807, 2.05) is 33.8 Å². The number of benzene rings is 2. The summed E-state index contributed by atoms with van der Waals surface area (Å²) in [5, 5.41) is 3.46. The normalized spacial score (nSPS) is 12.4. The Balaban J connectivity index is 0.000000615. The highest BCUT2D eigenvalue weighted by Gasteiger charge is 2.06. The van der Waals surface area contributed by atoms with Gasteiger partial charge in [0.2, 0.25) is 0 Å². The molecule has 0 fully saturated rings. The molecule has 1 N–H and O–H groups in total. The van der Waals surface area contributed by atoms with Gasteiger partial charge in [0.15, 0.2) is 0 Å². The molecule has 0 atom stereocenters. The maximum atomic E-state index is 3.46. The van der Waals surface area contributed by atoms with Crippen LogP contribution >= 0.6 is 0 Å². The van der Waals surface area contributed by atoms with Crippen molar-refractivity contribution in [2.24, 2.45) is 0 Å². The van der Waals surface area contributed by atoms with Crippen LogP contribution in [0.3, 0.4) is 0 Å². The van der Waals surface area contributed by atoms with Crippen LogP contribution in [0.25, 0.3) is 16.8 Å². The molecule has 3 rings (SSSR count). The van der Waals surface area contributed by atoms with Gasteiger partial charge in [-0.1, -0.05) is 87.9 Å². The summed E-state index contributed by atoms with van der Waals surface area (Å²) in [6, 6.07) is 19.2. The van der Waals surface area contributed by atoms with Gasteiger partial charge < -0.3 is 5.32 Å².